The minimum Gasteiger partial charge on any atom is -0.481 e. The van der Waals surface area contributed by atoms with E-state index in [0.717, 1.165) is 29.5 Å². The highest BCUT2D eigenvalue weighted by atomic mass is 16.5. The molecule has 0 bridgehead atoms. The van der Waals surface area contributed by atoms with Gasteiger partial charge in [-0.1, -0.05) is 23.8 Å². The third-order valence-corrected chi connectivity index (χ3v) is 4.36. The maximum absolute atomic E-state index is 12.8. The van der Waals surface area contributed by atoms with Gasteiger partial charge in [0.25, 0.3) is 0 Å². The number of nitrogens with zero attached hydrogens (tertiary/aromatic N) is 1. The average molecular weight is 319 g/mol. The molecule has 0 aliphatic carbocycles. The Morgan fingerprint density at radius 2 is 1.96 bits per heavy atom. The van der Waals surface area contributed by atoms with E-state index in [1.807, 2.05) is 32.0 Å². The first-order valence-corrected chi connectivity index (χ1v) is 8.12. The monoisotopic (exact) mass is 319 g/mol. The molecule has 1 aliphatic heterocycles. The van der Waals surface area contributed by atoms with Crippen LogP contribution in [0.5, 0.6) is 0 Å². The van der Waals surface area contributed by atoms with Gasteiger partial charge in [-0.05, 0) is 37.8 Å². The number of amides is 1. The minimum atomic E-state index is -0.874. The SMILES string of the molecule is Cc1ccc(C)c(CC(=O)N(CCC(=O)O)C2CCOCC2)c1. The molecule has 2 rings (SSSR count). The molecular weight excluding hydrogens is 294 g/mol. The third kappa shape index (κ3) is 5.06. The topological polar surface area (TPSA) is 66.8 Å². The van der Waals surface area contributed by atoms with Gasteiger partial charge >= 0.3 is 5.97 Å². The Labute approximate surface area is 137 Å². The Kier molecular flexibility index (Phi) is 6.16. The first-order valence-electron chi connectivity index (χ1n) is 8.12. The van der Waals surface area contributed by atoms with Crippen molar-refractivity contribution in [2.24, 2.45) is 0 Å². The number of hydrogen-bond donors (Lipinski definition) is 1. The maximum atomic E-state index is 12.8. The molecule has 0 spiro atoms. The molecule has 23 heavy (non-hydrogen) atoms. The van der Waals surface area contributed by atoms with Crippen molar-refractivity contribution in [3.05, 3.63) is 34.9 Å². The van der Waals surface area contributed by atoms with Crippen molar-refractivity contribution in [3.63, 3.8) is 0 Å². The maximum Gasteiger partial charge on any atom is 0.305 e. The molecule has 0 radical (unpaired) electrons. The summed E-state index contributed by atoms with van der Waals surface area (Å²) in [5.74, 6) is -0.867. The number of aliphatic carboxylic acids is 1. The van der Waals surface area contributed by atoms with Crippen molar-refractivity contribution in [2.45, 2.75) is 45.6 Å². The zero-order chi connectivity index (χ0) is 16.8. The summed E-state index contributed by atoms with van der Waals surface area (Å²) in [5, 5.41) is 8.95. The fourth-order valence-electron chi connectivity index (χ4n) is 2.98. The molecular formula is C18H25NO4. The van der Waals surface area contributed by atoms with Crippen LogP contribution in [0.2, 0.25) is 0 Å². The summed E-state index contributed by atoms with van der Waals surface area (Å²) >= 11 is 0. The van der Waals surface area contributed by atoms with E-state index in [-0.39, 0.29) is 24.9 Å². The Bertz CT molecular complexity index is 564. The Balaban J connectivity index is 2.11. The lowest BCUT2D eigenvalue weighted by molar-refractivity contribution is -0.140. The van der Waals surface area contributed by atoms with E-state index in [9.17, 15) is 9.59 Å². The number of carbonyl (C=O) groups excluding carboxylic acids is 1. The average Bonchev–Trinajstić information content (AvgIpc) is 2.52. The molecule has 0 aromatic heterocycles. The predicted octanol–water partition coefficient (Wildman–Crippen LogP) is 2.33. The lowest BCUT2D eigenvalue weighted by Gasteiger charge is -2.34. The number of hydrogen-bond acceptors (Lipinski definition) is 3. The molecule has 1 amide bonds. The lowest BCUT2D eigenvalue weighted by atomic mass is 10.0. The summed E-state index contributed by atoms with van der Waals surface area (Å²) in [6.07, 6.45) is 1.86. The van der Waals surface area contributed by atoms with Crippen LogP contribution in [0.15, 0.2) is 18.2 Å². The first kappa shape index (κ1) is 17.5. The molecule has 5 heteroatoms. The number of carboxylic acids is 1. The fourth-order valence-corrected chi connectivity index (χ4v) is 2.98. The van der Waals surface area contributed by atoms with Gasteiger partial charge in [0, 0.05) is 25.8 Å². The summed E-state index contributed by atoms with van der Waals surface area (Å²) < 4.78 is 5.35. The van der Waals surface area contributed by atoms with Gasteiger partial charge in [0.2, 0.25) is 5.91 Å². The van der Waals surface area contributed by atoms with Gasteiger partial charge < -0.3 is 14.7 Å². The van der Waals surface area contributed by atoms with E-state index in [1.54, 1.807) is 4.90 Å². The zero-order valence-electron chi connectivity index (χ0n) is 13.9. The normalized spacial score (nSPS) is 15.4. The van der Waals surface area contributed by atoms with Crippen LogP contribution in [-0.4, -0.2) is 47.7 Å². The van der Waals surface area contributed by atoms with Crippen molar-refractivity contribution >= 4 is 11.9 Å². The van der Waals surface area contributed by atoms with Gasteiger partial charge in [-0.2, -0.15) is 0 Å². The Morgan fingerprint density at radius 1 is 1.26 bits per heavy atom. The molecule has 1 aliphatic rings. The second-order valence-electron chi connectivity index (χ2n) is 6.18. The predicted molar refractivity (Wildman–Crippen MR) is 87.4 cm³/mol. The molecule has 5 nitrogen and oxygen atoms in total. The van der Waals surface area contributed by atoms with Crippen LogP contribution in [0, 0.1) is 13.8 Å². The number of benzene rings is 1. The van der Waals surface area contributed by atoms with Crippen LogP contribution in [0.4, 0.5) is 0 Å². The largest absolute Gasteiger partial charge is 0.481 e. The molecule has 1 aromatic carbocycles. The van der Waals surface area contributed by atoms with Crippen LogP contribution in [0.1, 0.15) is 36.0 Å². The van der Waals surface area contributed by atoms with Crippen molar-refractivity contribution < 1.29 is 19.4 Å². The third-order valence-electron chi connectivity index (χ3n) is 4.36. The van der Waals surface area contributed by atoms with Gasteiger partial charge in [0.1, 0.15) is 0 Å². The standard InChI is InChI=1S/C18H25NO4/c1-13-3-4-14(2)15(11-13)12-17(20)19(8-5-18(21)22)16-6-9-23-10-7-16/h3-4,11,16H,5-10,12H2,1-2H3,(H,21,22). The van der Waals surface area contributed by atoms with E-state index in [2.05, 4.69) is 0 Å². The summed E-state index contributed by atoms with van der Waals surface area (Å²) in [5.41, 5.74) is 3.23. The Morgan fingerprint density at radius 3 is 2.61 bits per heavy atom. The van der Waals surface area contributed by atoms with Gasteiger partial charge in [-0.15, -0.1) is 0 Å². The highest BCUT2D eigenvalue weighted by Gasteiger charge is 2.26. The van der Waals surface area contributed by atoms with Crippen molar-refractivity contribution in [1.82, 2.24) is 4.90 Å². The smallest absolute Gasteiger partial charge is 0.305 e. The van der Waals surface area contributed by atoms with E-state index in [4.69, 9.17) is 9.84 Å². The highest BCUT2D eigenvalue weighted by Crippen LogP contribution is 2.18. The van der Waals surface area contributed by atoms with Gasteiger partial charge in [0.15, 0.2) is 0 Å². The highest BCUT2D eigenvalue weighted by molar-refractivity contribution is 5.80. The summed E-state index contributed by atoms with van der Waals surface area (Å²) in [7, 11) is 0. The van der Waals surface area contributed by atoms with Crippen molar-refractivity contribution in [2.75, 3.05) is 19.8 Å². The number of rotatable bonds is 6. The van der Waals surface area contributed by atoms with Gasteiger partial charge in [0.05, 0.1) is 12.8 Å². The fraction of sp³-hybridized carbons (Fsp3) is 0.556. The van der Waals surface area contributed by atoms with Crippen LogP contribution < -0.4 is 0 Å². The van der Waals surface area contributed by atoms with E-state index in [1.165, 1.54) is 0 Å². The molecule has 1 fully saturated rings. The molecule has 126 valence electrons. The van der Waals surface area contributed by atoms with Crippen LogP contribution >= 0.6 is 0 Å². The summed E-state index contributed by atoms with van der Waals surface area (Å²) in [4.78, 5) is 25.4. The van der Waals surface area contributed by atoms with Crippen LogP contribution in [0.25, 0.3) is 0 Å². The van der Waals surface area contributed by atoms with E-state index < -0.39 is 5.97 Å². The number of aryl methyl sites for hydroxylation is 2. The van der Waals surface area contributed by atoms with Gasteiger partial charge in [-0.25, -0.2) is 0 Å². The quantitative estimate of drug-likeness (QED) is 0.874. The molecule has 1 aromatic rings. The molecule has 1 heterocycles. The Hall–Kier alpha value is -1.88. The second-order valence-corrected chi connectivity index (χ2v) is 6.18. The lowest BCUT2D eigenvalue weighted by Crippen LogP contribution is -2.45. The molecule has 0 saturated carbocycles. The zero-order valence-corrected chi connectivity index (χ0v) is 13.9. The number of carboxylic acid groups (broad SMARTS) is 1. The van der Waals surface area contributed by atoms with E-state index in [0.29, 0.717) is 19.6 Å². The summed E-state index contributed by atoms with van der Waals surface area (Å²) in [6.45, 7) is 5.53. The molecule has 1 saturated heterocycles. The molecule has 0 unspecified atom stereocenters. The minimum absolute atomic E-state index is 0.00634. The van der Waals surface area contributed by atoms with E-state index >= 15 is 0 Å². The van der Waals surface area contributed by atoms with Crippen molar-refractivity contribution in [1.29, 1.82) is 0 Å². The summed E-state index contributed by atoms with van der Waals surface area (Å²) in [6, 6.07) is 6.17. The number of carbonyl (C=O) groups is 2. The molecule has 0 atom stereocenters. The second kappa shape index (κ2) is 8.11. The first-order chi connectivity index (χ1) is 11.0. The number of ether oxygens (including phenoxy) is 1. The van der Waals surface area contributed by atoms with Crippen molar-refractivity contribution in [3.8, 4) is 0 Å². The van der Waals surface area contributed by atoms with Crippen LogP contribution in [-0.2, 0) is 20.7 Å². The van der Waals surface area contributed by atoms with Crippen LogP contribution in [0.3, 0.4) is 0 Å². The molecule has 1 N–H and O–H groups in total. The van der Waals surface area contributed by atoms with Gasteiger partial charge in [-0.3, -0.25) is 9.59 Å².